The molecule has 5 nitrogen and oxygen atoms in total. The van der Waals surface area contributed by atoms with Crippen LogP contribution >= 0.6 is 0 Å². The lowest BCUT2D eigenvalue weighted by atomic mass is 10.2. The largest absolute Gasteiger partial charge is 0.494 e. The summed E-state index contributed by atoms with van der Waals surface area (Å²) in [7, 11) is 1.92. The van der Waals surface area contributed by atoms with Gasteiger partial charge in [0, 0.05) is 13.1 Å². The maximum Gasteiger partial charge on any atom is 0.234 e. The van der Waals surface area contributed by atoms with E-state index in [-0.39, 0.29) is 5.91 Å². The molecule has 0 saturated carbocycles. The zero-order chi connectivity index (χ0) is 15.5. The molecule has 0 bridgehead atoms. The molecular formula is C16H23N3O2. The molecule has 0 aliphatic rings. The predicted octanol–water partition coefficient (Wildman–Crippen LogP) is 1.79. The number of hydrogen-bond acceptors (Lipinski definition) is 4. The molecule has 21 heavy (non-hydrogen) atoms. The van der Waals surface area contributed by atoms with Crippen molar-refractivity contribution in [3.8, 4) is 11.8 Å². The molecule has 1 amide bonds. The van der Waals surface area contributed by atoms with Crippen molar-refractivity contribution in [2.24, 2.45) is 0 Å². The molecule has 0 aromatic heterocycles. The van der Waals surface area contributed by atoms with Gasteiger partial charge in [0.25, 0.3) is 0 Å². The van der Waals surface area contributed by atoms with Crippen LogP contribution in [-0.4, -0.2) is 44.1 Å². The van der Waals surface area contributed by atoms with Crippen molar-refractivity contribution in [1.82, 2.24) is 10.2 Å². The van der Waals surface area contributed by atoms with Crippen LogP contribution in [0.15, 0.2) is 24.3 Å². The van der Waals surface area contributed by atoms with E-state index in [1.54, 1.807) is 18.2 Å². The van der Waals surface area contributed by atoms with E-state index in [1.807, 2.05) is 24.9 Å². The minimum atomic E-state index is 0.0574. The van der Waals surface area contributed by atoms with E-state index >= 15 is 0 Å². The van der Waals surface area contributed by atoms with Crippen LogP contribution in [0.1, 0.15) is 25.3 Å². The number of nitrogens with zero attached hydrogens (tertiary/aromatic N) is 2. The van der Waals surface area contributed by atoms with Crippen molar-refractivity contribution in [2.45, 2.75) is 19.8 Å². The van der Waals surface area contributed by atoms with Crippen LogP contribution in [0.3, 0.4) is 0 Å². The first-order chi connectivity index (χ1) is 10.2. The third-order valence-corrected chi connectivity index (χ3v) is 2.90. The number of likely N-dealkylation sites (N-methyl/N-ethyl adjacent to an activating group) is 1. The molecule has 0 aliphatic heterocycles. The SMILES string of the molecule is CCCNC(=O)CN(C)CCCOc1cccc(C#N)c1. The van der Waals surface area contributed by atoms with Crippen molar-refractivity contribution in [3.05, 3.63) is 29.8 Å². The van der Waals surface area contributed by atoms with E-state index < -0.39 is 0 Å². The van der Waals surface area contributed by atoms with Gasteiger partial charge < -0.3 is 10.1 Å². The highest BCUT2D eigenvalue weighted by molar-refractivity contribution is 5.77. The summed E-state index contributed by atoms with van der Waals surface area (Å²) in [4.78, 5) is 13.5. The Hall–Kier alpha value is -2.06. The van der Waals surface area contributed by atoms with Crippen LogP contribution < -0.4 is 10.1 Å². The molecule has 1 rings (SSSR count). The average Bonchev–Trinajstić information content (AvgIpc) is 2.49. The monoisotopic (exact) mass is 289 g/mol. The molecule has 0 aliphatic carbocycles. The summed E-state index contributed by atoms with van der Waals surface area (Å²) in [5.74, 6) is 0.763. The lowest BCUT2D eigenvalue weighted by Crippen LogP contribution is -2.36. The number of rotatable bonds is 9. The maximum absolute atomic E-state index is 11.5. The summed E-state index contributed by atoms with van der Waals surface area (Å²) in [6.07, 6.45) is 1.78. The third kappa shape index (κ3) is 7.33. The number of benzene rings is 1. The lowest BCUT2D eigenvalue weighted by Gasteiger charge is -2.16. The molecule has 114 valence electrons. The van der Waals surface area contributed by atoms with Crippen LogP contribution in [0, 0.1) is 11.3 Å². The Labute approximate surface area is 126 Å². The molecule has 1 N–H and O–H groups in total. The fraction of sp³-hybridized carbons (Fsp3) is 0.500. The summed E-state index contributed by atoms with van der Waals surface area (Å²) < 4.78 is 5.59. The number of amides is 1. The highest BCUT2D eigenvalue weighted by atomic mass is 16.5. The van der Waals surface area contributed by atoms with E-state index in [4.69, 9.17) is 10.00 Å². The molecule has 0 saturated heterocycles. The molecule has 0 radical (unpaired) electrons. The Kier molecular flexibility index (Phi) is 7.92. The summed E-state index contributed by atoms with van der Waals surface area (Å²) in [6, 6.07) is 9.19. The zero-order valence-corrected chi connectivity index (χ0v) is 12.8. The van der Waals surface area contributed by atoms with Gasteiger partial charge in [-0.25, -0.2) is 0 Å². The first-order valence-corrected chi connectivity index (χ1v) is 7.24. The number of nitriles is 1. The number of hydrogen-bond donors (Lipinski definition) is 1. The fourth-order valence-corrected chi connectivity index (χ4v) is 1.82. The van der Waals surface area contributed by atoms with Gasteiger partial charge in [0.2, 0.25) is 5.91 Å². The van der Waals surface area contributed by atoms with Crippen LogP contribution in [-0.2, 0) is 4.79 Å². The van der Waals surface area contributed by atoms with Gasteiger partial charge in [-0.3, -0.25) is 9.69 Å². The van der Waals surface area contributed by atoms with Gasteiger partial charge in [0.05, 0.1) is 24.8 Å². The van der Waals surface area contributed by atoms with E-state index in [2.05, 4.69) is 11.4 Å². The first-order valence-electron chi connectivity index (χ1n) is 7.24. The highest BCUT2D eigenvalue weighted by Gasteiger charge is 2.05. The Morgan fingerprint density at radius 3 is 3.00 bits per heavy atom. The van der Waals surface area contributed by atoms with Crippen LogP contribution in [0.4, 0.5) is 0 Å². The Balaban J connectivity index is 2.18. The van der Waals surface area contributed by atoms with E-state index in [0.29, 0.717) is 24.5 Å². The van der Waals surface area contributed by atoms with E-state index in [0.717, 1.165) is 25.9 Å². The third-order valence-electron chi connectivity index (χ3n) is 2.90. The number of ether oxygens (including phenoxy) is 1. The summed E-state index contributed by atoms with van der Waals surface area (Å²) in [5, 5.41) is 11.7. The highest BCUT2D eigenvalue weighted by Crippen LogP contribution is 2.12. The Bertz CT molecular complexity index is 483. The first kappa shape index (κ1) is 17.0. The molecule has 1 aromatic rings. The van der Waals surface area contributed by atoms with Crippen molar-refractivity contribution in [1.29, 1.82) is 5.26 Å². The van der Waals surface area contributed by atoms with E-state index in [9.17, 15) is 4.79 Å². The minimum absolute atomic E-state index is 0.0574. The van der Waals surface area contributed by atoms with Crippen LogP contribution in [0.25, 0.3) is 0 Å². The van der Waals surface area contributed by atoms with Crippen molar-refractivity contribution in [2.75, 3.05) is 33.3 Å². The second-order valence-corrected chi connectivity index (χ2v) is 4.93. The van der Waals surface area contributed by atoms with Gasteiger partial charge in [-0.1, -0.05) is 13.0 Å². The van der Waals surface area contributed by atoms with Crippen LogP contribution in [0.2, 0.25) is 0 Å². The topological polar surface area (TPSA) is 65.4 Å². The molecular weight excluding hydrogens is 266 g/mol. The van der Waals surface area contributed by atoms with Gasteiger partial charge in [0.1, 0.15) is 5.75 Å². The standard InChI is InChI=1S/C16H23N3O2/c1-3-8-18-16(20)13-19(2)9-5-10-21-15-7-4-6-14(11-15)12-17/h4,6-7,11H,3,5,8-10,13H2,1-2H3,(H,18,20). The second-order valence-electron chi connectivity index (χ2n) is 4.93. The molecule has 0 fully saturated rings. The minimum Gasteiger partial charge on any atom is -0.494 e. The molecule has 0 spiro atoms. The molecule has 0 unspecified atom stereocenters. The van der Waals surface area contributed by atoms with Gasteiger partial charge >= 0.3 is 0 Å². The lowest BCUT2D eigenvalue weighted by molar-refractivity contribution is -0.121. The molecule has 5 heteroatoms. The average molecular weight is 289 g/mol. The molecule has 0 atom stereocenters. The van der Waals surface area contributed by atoms with Crippen molar-refractivity contribution >= 4 is 5.91 Å². The molecule has 1 aromatic carbocycles. The van der Waals surface area contributed by atoms with Gasteiger partial charge in [-0.15, -0.1) is 0 Å². The summed E-state index contributed by atoms with van der Waals surface area (Å²) >= 11 is 0. The summed E-state index contributed by atoms with van der Waals surface area (Å²) in [5.41, 5.74) is 0.595. The second kappa shape index (κ2) is 9.78. The quantitative estimate of drug-likeness (QED) is 0.704. The van der Waals surface area contributed by atoms with Gasteiger partial charge in [0.15, 0.2) is 0 Å². The fourth-order valence-electron chi connectivity index (χ4n) is 1.82. The smallest absolute Gasteiger partial charge is 0.234 e. The number of carbonyl (C=O) groups excluding carboxylic acids is 1. The number of nitrogens with one attached hydrogen (secondary N) is 1. The van der Waals surface area contributed by atoms with Crippen molar-refractivity contribution in [3.63, 3.8) is 0 Å². The van der Waals surface area contributed by atoms with E-state index in [1.165, 1.54) is 0 Å². The Morgan fingerprint density at radius 2 is 2.29 bits per heavy atom. The zero-order valence-electron chi connectivity index (χ0n) is 12.8. The van der Waals surface area contributed by atoms with Gasteiger partial charge in [-0.2, -0.15) is 5.26 Å². The van der Waals surface area contributed by atoms with Crippen LogP contribution in [0.5, 0.6) is 5.75 Å². The maximum atomic E-state index is 11.5. The summed E-state index contributed by atoms with van der Waals surface area (Å²) in [6.45, 7) is 4.52. The van der Waals surface area contributed by atoms with Gasteiger partial charge in [-0.05, 0) is 38.1 Å². The normalized spacial score (nSPS) is 10.2. The number of carbonyl (C=O) groups is 1. The molecule has 0 heterocycles. The Morgan fingerprint density at radius 1 is 1.48 bits per heavy atom. The predicted molar refractivity (Wildman–Crippen MR) is 82.1 cm³/mol. The van der Waals surface area contributed by atoms with Crippen molar-refractivity contribution < 1.29 is 9.53 Å².